The van der Waals surface area contributed by atoms with Crippen molar-refractivity contribution in [1.29, 1.82) is 0 Å². The first-order valence-corrected chi connectivity index (χ1v) is 5.37. The summed E-state index contributed by atoms with van der Waals surface area (Å²) in [6, 6.07) is -0.924. The van der Waals surface area contributed by atoms with Gasteiger partial charge in [0.2, 0.25) is 6.08 Å². The molecule has 0 aliphatic heterocycles. The molecule has 0 amide bonds. The number of carbonyl (C=O) groups is 1. The Morgan fingerprint density at radius 2 is 1.94 bits per heavy atom. The van der Waals surface area contributed by atoms with Crippen LogP contribution in [0.2, 0.25) is 0 Å². The minimum atomic E-state index is -1.07. The van der Waals surface area contributed by atoms with Gasteiger partial charge in [0.05, 0.1) is 6.61 Å². The molecule has 0 bridgehead atoms. The minimum Gasteiger partial charge on any atom is -0.480 e. The van der Waals surface area contributed by atoms with E-state index in [1.807, 2.05) is 20.8 Å². The summed E-state index contributed by atoms with van der Waals surface area (Å²) in [7, 11) is 0. The van der Waals surface area contributed by atoms with Crippen molar-refractivity contribution < 1.29 is 19.8 Å². The lowest BCUT2D eigenvalue weighted by Crippen LogP contribution is -2.19. The normalized spacial score (nSPS) is 10.4. The van der Waals surface area contributed by atoms with E-state index >= 15 is 0 Å². The molecule has 1 radical (unpaired) electrons. The molecule has 0 aliphatic rings. The maximum atomic E-state index is 10.4. The van der Waals surface area contributed by atoms with Crippen LogP contribution in [0.15, 0.2) is 4.99 Å². The average Bonchev–Trinajstić information content (AvgIpc) is 2.18. The lowest BCUT2D eigenvalue weighted by Gasteiger charge is -2.06. The largest absolute Gasteiger partial charge is 0.480 e. The summed E-state index contributed by atoms with van der Waals surface area (Å²) in [5.41, 5.74) is 0. The number of aliphatic carboxylic acids is 1. The molecular formula is C11H23N2O4. The highest BCUT2D eigenvalue weighted by Crippen LogP contribution is 2.07. The number of carboxylic acid groups (broad SMARTS) is 1. The van der Waals surface area contributed by atoms with Crippen LogP contribution in [-0.2, 0) is 14.7 Å². The van der Waals surface area contributed by atoms with Gasteiger partial charge in [0.1, 0.15) is 0 Å². The summed E-state index contributed by atoms with van der Waals surface area (Å²) in [5, 5.41) is 18.0. The van der Waals surface area contributed by atoms with Gasteiger partial charge in [-0.1, -0.05) is 27.2 Å². The third-order valence-corrected chi connectivity index (χ3v) is 1.69. The zero-order valence-corrected chi connectivity index (χ0v) is 10.8. The van der Waals surface area contributed by atoms with Crippen LogP contribution in [0.1, 0.15) is 40.0 Å². The van der Waals surface area contributed by atoms with E-state index < -0.39 is 12.0 Å². The Kier molecular flexibility index (Phi) is 18.3. The van der Waals surface area contributed by atoms with Crippen molar-refractivity contribution >= 4 is 12.0 Å². The zero-order chi connectivity index (χ0) is 13.0. The molecule has 6 heteroatoms. The molecule has 6 nitrogen and oxygen atoms in total. The molecular weight excluding hydrogens is 224 g/mol. The van der Waals surface area contributed by atoms with Crippen molar-refractivity contribution in [2.75, 3.05) is 6.61 Å². The number of aliphatic imine (C=N–C) groups is 1. The molecule has 0 saturated carbocycles. The molecule has 0 fully saturated rings. The molecule has 1 unspecified atom stereocenters. The van der Waals surface area contributed by atoms with E-state index in [9.17, 15) is 14.7 Å². The second-order valence-corrected chi connectivity index (χ2v) is 3.76. The highest BCUT2D eigenvalue weighted by atomic mass is 16.4. The predicted molar refractivity (Wildman–Crippen MR) is 64.5 cm³/mol. The zero-order valence-electron chi connectivity index (χ0n) is 10.8. The lowest BCUT2D eigenvalue weighted by molar-refractivity contribution is -0.138. The standard InChI is InChI=1S/C7H11NO3.C4H9O.H3N/c1-5(2)3-6(7(10)11)8-4-9;1-2-3-4-5;/h5-6H,3H2,1-2H3,(H,10,11);2-4H2,1H3;1H3. The Balaban J connectivity index is -0.000000280. The van der Waals surface area contributed by atoms with Gasteiger partial charge in [-0.15, -0.1) is 0 Å². The van der Waals surface area contributed by atoms with Gasteiger partial charge >= 0.3 is 5.97 Å². The van der Waals surface area contributed by atoms with Crippen LogP contribution in [0.25, 0.3) is 0 Å². The first kappa shape index (κ1) is 21.1. The van der Waals surface area contributed by atoms with Gasteiger partial charge in [0.15, 0.2) is 6.04 Å². The SMILES string of the molecule is CC(C)CC(N=C=O)C(=O)O.CCCC[O].N. The fraction of sp³-hybridized carbons (Fsp3) is 0.818. The van der Waals surface area contributed by atoms with E-state index in [1.165, 1.54) is 6.08 Å². The van der Waals surface area contributed by atoms with Gasteiger partial charge in [-0.2, -0.15) is 4.99 Å². The smallest absolute Gasteiger partial charge is 0.329 e. The third kappa shape index (κ3) is 17.4. The van der Waals surface area contributed by atoms with Crippen molar-refractivity contribution in [3.8, 4) is 0 Å². The van der Waals surface area contributed by atoms with Crippen LogP contribution in [0.5, 0.6) is 0 Å². The summed E-state index contributed by atoms with van der Waals surface area (Å²) in [5.74, 6) is -0.852. The maximum Gasteiger partial charge on any atom is 0.329 e. The number of rotatable bonds is 6. The number of hydrogen-bond acceptors (Lipinski definition) is 4. The second-order valence-electron chi connectivity index (χ2n) is 3.76. The van der Waals surface area contributed by atoms with E-state index in [-0.39, 0.29) is 18.7 Å². The summed E-state index contributed by atoms with van der Waals surface area (Å²) in [4.78, 5) is 23.3. The van der Waals surface area contributed by atoms with Gasteiger partial charge in [-0.05, 0) is 18.8 Å². The Morgan fingerprint density at radius 3 is 2.12 bits per heavy atom. The fourth-order valence-electron chi connectivity index (χ4n) is 0.863. The molecule has 4 N–H and O–H groups in total. The van der Waals surface area contributed by atoms with Crippen LogP contribution < -0.4 is 6.15 Å². The molecule has 0 saturated heterocycles. The summed E-state index contributed by atoms with van der Waals surface area (Å²) >= 11 is 0. The second kappa shape index (κ2) is 14.8. The number of isocyanates is 1. The first-order chi connectivity index (χ1) is 7.49. The van der Waals surface area contributed by atoms with E-state index in [0.29, 0.717) is 6.42 Å². The van der Waals surface area contributed by atoms with E-state index in [1.54, 1.807) is 0 Å². The number of hydrogen-bond donors (Lipinski definition) is 2. The van der Waals surface area contributed by atoms with Gasteiger partial charge in [0, 0.05) is 0 Å². The number of nitrogens with zero attached hydrogens (tertiary/aromatic N) is 1. The Labute approximate surface area is 102 Å². The van der Waals surface area contributed by atoms with Crippen LogP contribution in [0.4, 0.5) is 0 Å². The predicted octanol–water partition coefficient (Wildman–Crippen LogP) is 2.20. The highest BCUT2D eigenvalue weighted by Gasteiger charge is 2.16. The average molecular weight is 247 g/mol. The monoisotopic (exact) mass is 247 g/mol. The van der Waals surface area contributed by atoms with Crippen LogP contribution in [0.3, 0.4) is 0 Å². The molecule has 0 aromatic carbocycles. The van der Waals surface area contributed by atoms with Crippen molar-refractivity contribution in [3.63, 3.8) is 0 Å². The Bertz CT molecular complexity index is 222. The van der Waals surface area contributed by atoms with Crippen LogP contribution in [0, 0.1) is 5.92 Å². The van der Waals surface area contributed by atoms with Crippen molar-refractivity contribution in [2.24, 2.45) is 10.9 Å². The van der Waals surface area contributed by atoms with Gasteiger partial charge in [0.25, 0.3) is 0 Å². The molecule has 0 aliphatic carbocycles. The molecule has 0 heterocycles. The van der Waals surface area contributed by atoms with Gasteiger partial charge in [-0.25, -0.2) is 14.7 Å². The Morgan fingerprint density at radius 1 is 1.41 bits per heavy atom. The maximum absolute atomic E-state index is 10.4. The lowest BCUT2D eigenvalue weighted by atomic mass is 10.0. The van der Waals surface area contributed by atoms with Crippen molar-refractivity contribution in [3.05, 3.63) is 0 Å². The number of carboxylic acids is 1. The molecule has 1 atom stereocenters. The fourth-order valence-corrected chi connectivity index (χ4v) is 0.863. The summed E-state index contributed by atoms with van der Waals surface area (Å²) in [6.45, 7) is 5.85. The van der Waals surface area contributed by atoms with Gasteiger partial charge in [-0.3, -0.25) is 0 Å². The molecule has 0 spiro atoms. The first-order valence-electron chi connectivity index (χ1n) is 5.37. The highest BCUT2D eigenvalue weighted by molar-refractivity contribution is 5.74. The quantitative estimate of drug-likeness (QED) is 0.551. The van der Waals surface area contributed by atoms with Gasteiger partial charge < -0.3 is 11.3 Å². The van der Waals surface area contributed by atoms with Crippen LogP contribution in [-0.4, -0.2) is 29.8 Å². The Hall–Kier alpha value is -1.23. The molecule has 101 valence electrons. The van der Waals surface area contributed by atoms with Crippen molar-refractivity contribution in [2.45, 2.75) is 46.1 Å². The van der Waals surface area contributed by atoms with E-state index in [2.05, 4.69) is 4.99 Å². The third-order valence-electron chi connectivity index (χ3n) is 1.69. The molecule has 17 heavy (non-hydrogen) atoms. The van der Waals surface area contributed by atoms with Crippen LogP contribution >= 0.6 is 0 Å². The van der Waals surface area contributed by atoms with E-state index in [4.69, 9.17) is 5.11 Å². The van der Waals surface area contributed by atoms with E-state index in [0.717, 1.165) is 12.8 Å². The van der Waals surface area contributed by atoms with Crippen molar-refractivity contribution in [1.82, 2.24) is 6.15 Å². The summed E-state index contributed by atoms with van der Waals surface area (Å²) in [6.07, 6.45) is 3.49. The number of unbranched alkanes of at least 4 members (excludes halogenated alkanes) is 1. The molecule has 0 aromatic rings. The minimum absolute atomic E-state index is 0. The topological polar surface area (TPSA) is 122 Å². The molecule has 0 rings (SSSR count). The summed E-state index contributed by atoms with van der Waals surface area (Å²) < 4.78 is 0. The molecule has 0 aromatic heterocycles. The number of carbonyl (C=O) groups excluding carboxylic acids is 1.